The van der Waals surface area contributed by atoms with E-state index < -0.39 is 0 Å². The van der Waals surface area contributed by atoms with Crippen molar-refractivity contribution in [3.05, 3.63) is 30.1 Å². The van der Waals surface area contributed by atoms with Crippen molar-refractivity contribution in [3.8, 4) is 11.4 Å². The van der Waals surface area contributed by atoms with Crippen LogP contribution in [0.25, 0.3) is 11.4 Å². The maximum Gasteiger partial charge on any atom is 0.233 e. The van der Waals surface area contributed by atoms with Crippen LogP contribution in [-0.4, -0.2) is 72.0 Å². The van der Waals surface area contributed by atoms with Crippen LogP contribution < -0.4 is 5.84 Å². The number of halogens is 1. The van der Waals surface area contributed by atoms with Crippen molar-refractivity contribution in [1.82, 2.24) is 19.8 Å². The molecule has 1 aromatic carbocycles. The predicted molar refractivity (Wildman–Crippen MR) is 96.6 cm³/mol. The van der Waals surface area contributed by atoms with E-state index in [0.717, 1.165) is 0 Å². The highest BCUT2D eigenvalue weighted by Crippen LogP contribution is 2.22. The highest BCUT2D eigenvalue weighted by molar-refractivity contribution is 7.99. The van der Waals surface area contributed by atoms with Gasteiger partial charge in [-0.3, -0.25) is 4.79 Å². The Morgan fingerprint density at radius 1 is 1.19 bits per heavy atom. The first kappa shape index (κ1) is 20.1. The minimum Gasteiger partial charge on any atom is -0.383 e. The smallest absolute Gasteiger partial charge is 0.233 e. The molecule has 142 valence electrons. The number of aromatic nitrogens is 3. The zero-order valence-electron chi connectivity index (χ0n) is 14.7. The minimum atomic E-state index is -0.343. The third kappa shape index (κ3) is 5.41. The van der Waals surface area contributed by atoms with E-state index in [2.05, 4.69) is 10.2 Å². The van der Waals surface area contributed by atoms with Crippen LogP contribution in [0, 0.1) is 5.82 Å². The number of carbonyl (C=O) groups excluding carboxylic acids is 1. The van der Waals surface area contributed by atoms with Crippen LogP contribution in [0.5, 0.6) is 0 Å². The molecule has 1 heterocycles. The highest BCUT2D eigenvalue weighted by atomic mass is 32.2. The lowest BCUT2D eigenvalue weighted by molar-refractivity contribution is -0.129. The summed E-state index contributed by atoms with van der Waals surface area (Å²) >= 11 is 1.19. The van der Waals surface area contributed by atoms with E-state index >= 15 is 0 Å². The summed E-state index contributed by atoms with van der Waals surface area (Å²) in [6, 6.07) is 5.78. The van der Waals surface area contributed by atoms with Gasteiger partial charge >= 0.3 is 0 Å². The molecule has 8 nitrogen and oxygen atoms in total. The van der Waals surface area contributed by atoms with Crippen LogP contribution in [0.2, 0.25) is 0 Å². The number of nitrogen functional groups attached to an aromatic ring is 1. The maximum atomic E-state index is 13.0. The molecule has 10 heteroatoms. The lowest BCUT2D eigenvalue weighted by Gasteiger charge is -2.21. The van der Waals surface area contributed by atoms with Gasteiger partial charge < -0.3 is 20.2 Å². The molecule has 0 spiro atoms. The Labute approximate surface area is 155 Å². The first-order valence-corrected chi connectivity index (χ1v) is 8.90. The second kappa shape index (κ2) is 10.1. The molecule has 1 amide bonds. The molecule has 2 rings (SSSR count). The molecule has 0 aliphatic heterocycles. The van der Waals surface area contributed by atoms with Crippen molar-refractivity contribution >= 4 is 17.7 Å². The molecule has 1 aromatic heterocycles. The van der Waals surface area contributed by atoms with E-state index in [0.29, 0.717) is 42.8 Å². The molecule has 0 radical (unpaired) electrons. The summed E-state index contributed by atoms with van der Waals surface area (Å²) in [6.07, 6.45) is 0. The second-order valence-electron chi connectivity index (χ2n) is 5.34. The highest BCUT2D eigenvalue weighted by Gasteiger charge is 2.17. The lowest BCUT2D eigenvalue weighted by atomic mass is 10.2. The molecule has 0 saturated heterocycles. The van der Waals surface area contributed by atoms with Gasteiger partial charge in [-0.15, -0.1) is 10.2 Å². The zero-order valence-corrected chi connectivity index (χ0v) is 15.5. The predicted octanol–water partition coefficient (Wildman–Crippen LogP) is 1.01. The van der Waals surface area contributed by atoms with Crippen LogP contribution in [-0.2, 0) is 14.3 Å². The van der Waals surface area contributed by atoms with Gasteiger partial charge in [0.25, 0.3) is 0 Å². The minimum absolute atomic E-state index is 0.0737. The normalized spacial score (nSPS) is 10.9. The van der Waals surface area contributed by atoms with Crippen molar-refractivity contribution < 1.29 is 18.7 Å². The number of nitrogens with zero attached hydrogens (tertiary/aromatic N) is 4. The average Bonchev–Trinajstić information content (AvgIpc) is 3.01. The number of ether oxygens (including phenoxy) is 2. The summed E-state index contributed by atoms with van der Waals surface area (Å²) in [5.41, 5.74) is 0.640. The molecule has 0 atom stereocenters. The van der Waals surface area contributed by atoms with Crippen molar-refractivity contribution in [2.24, 2.45) is 0 Å². The third-order valence-electron chi connectivity index (χ3n) is 3.58. The van der Waals surface area contributed by atoms with Gasteiger partial charge in [0.2, 0.25) is 11.1 Å². The van der Waals surface area contributed by atoms with E-state index in [-0.39, 0.29) is 17.5 Å². The van der Waals surface area contributed by atoms with Gasteiger partial charge in [-0.25, -0.2) is 9.07 Å². The fourth-order valence-corrected chi connectivity index (χ4v) is 2.91. The number of nitrogens with two attached hydrogens (primary N) is 1. The first-order valence-electron chi connectivity index (χ1n) is 7.91. The lowest BCUT2D eigenvalue weighted by Crippen LogP contribution is -2.37. The van der Waals surface area contributed by atoms with Gasteiger partial charge in [-0.1, -0.05) is 11.8 Å². The SMILES string of the molecule is COCCN(CCOC)C(=O)CSc1nnc(-c2ccc(F)cc2)n1N. The van der Waals surface area contributed by atoms with Crippen LogP contribution in [0.1, 0.15) is 0 Å². The Hall–Kier alpha value is -2.17. The maximum absolute atomic E-state index is 13.0. The van der Waals surface area contributed by atoms with Crippen LogP contribution in [0.3, 0.4) is 0 Å². The molecule has 0 unspecified atom stereocenters. The van der Waals surface area contributed by atoms with Crippen molar-refractivity contribution in [2.75, 3.05) is 52.1 Å². The monoisotopic (exact) mass is 383 g/mol. The number of thioether (sulfide) groups is 1. The number of methoxy groups -OCH3 is 2. The summed E-state index contributed by atoms with van der Waals surface area (Å²) in [5.74, 6) is 6.15. The standard InChI is InChI=1S/C16H22FN5O3S/c1-24-9-7-21(8-10-25-2)14(23)11-26-16-20-19-15(22(16)18)12-3-5-13(17)6-4-12/h3-6H,7-11,18H2,1-2H3. The quantitative estimate of drug-likeness (QED) is 0.483. The number of hydrogen-bond donors (Lipinski definition) is 1. The molecular weight excluding hydrogens is 361 g/mol. The number of amides is 1. The number of hydrogen-bond acceptors (Lipinski definition) is 7. The zero-order chi connectivity index (χ0) is 18.9. The van der Waals surface area contributed by atoms with E-state index in [9.17, 15) is 9.18 Å². The molecule has 2 N–H and O–H groups in total. The molecule has 2 aromatic rings. The molecule has 0 bridgehead atoms. The van der Waals surface area contributed by atoms with Crippen LogP contribution in [0.4, 0.5) is 4.39 Å². The summed E-state index contributed by atoms with van der Waals surface area (Å²) in [5, 5.41) is 8.42. The summed E-state index contributed by atoms with van der Waals surface area (Å²) in [4.78, 5) is 14.1. The Balaban J connectivity index is 1.99. The van der Waals surface area contributed by atoms with Crippen molar-refractivity contribution in [2.45, 2.75) is 5.16 Å². The van der Waals surface area contributed by atoms with Crippen LogP contribution >= 0.6 is 11.8 Å². The number of carbonyl (C=O) groups is 1. The van der Waals surface area contributed by atoms with Gasteiger partial charge in [0, 0.05) is 32.9 Å². The molecule has 0 aliphatic rings. The number of rotatable bonds is 10. The molecule has 0 fully saturated rings. The molecule has 26 heavy (non-hydrogen) atoms. The first-order chi connectivity index (χ1) is 12.6. The third-order valence-corrected chi connectivity index (χ3v) is 4.50. The van der Waals surface area contributed by atoms with Gasteiger partial charge in [-0.05, 0) is 24.3 Å². The Morgan fingerprint density at radius 2 is 1.81 bits per heavy atom. The van der Waals surface area contributed by atoms with Crippen molar-refractivity contribution in [1.29, 1.82) is 0 Å². The number of benzene rings is 1. The summed E-state index contributed by atoms with van der Waals surface area (Å²) in [7, 11) is 3.17. The van der Waals surface area contributed by atoms with Gasteiger partial charge in [0.05, 0.1) is 19.0 Å². The van der Waals surface area contributed by atoms with E-state index in [1.54, 1.807) is 31.3 Å². The summed E-state index contributed by atoms with van der Waals surface area (Å²) in [6.45, 7) is 1.86. The molecular formula is C16H22FN5O3S. The fraction of sp³-hybridized carbons (Fsp3) is 0.438. The second-order valence-corrected chi connectivity index (χ2v) is 6.28. The van der Waals surface area contributed by atoms with Gasteiger partial charge in [-0.2, -0.15) is 0 Å². The molecule has 0 saturated carbocycles. The summed E-state index contributed by atoms with van der Waals surface area (Å²) < 4.78 is 24.4. The van der Waals surface area contributed by atoms with Crippen LogP contribution in [0.15, 0.2) is 29.4 Å². The largest absolute Gasteiger partial charge is 0.383 e. The Kier molecular flexibility index (Phi) is 7.82. The van der Waals surface area contributed by atoms with E-state index in [1.807, 2.05) is 0 Å². The van der Waals surface area contributed by atoms with E-state index in [4.69, 9.17) is 15.3 Å². The average molecular weight is 383 g/mol. The fourth-order valence-electron chi connectivity index (χ4n) is 2.15. The topological polar surface area (TPSA) is 95.5 Å². The van der Waals surface area contributed by atoms with Crippen molar-refractivity contribution in [3.63, 3.8) is 0 Å². The Morgan fingerprint density at radius 3 is 2.38 bits per heavy atom. The Bertz CT molecular complexity index is 702. The van der Waals surface area contributed by atoms with Gasteiger partial charge in [0.1, 0.15) is 5.82 Å². The molecule has 0 aliphatic carbocycles. The van der Waals surface area contributed by atoms with E-state index in [1.165, 1.54) is 28.6 Å². The van der Waals surface area contributed by atoms with Gasteiger partial charge in [0.15, 0.2) is 5.82 Å².